The van der Waals surface area contributed by atoms with Crippen molar-refractivity contribution in [3.63, 3.8) is 0 Å². The van der Waals surface area contributed by atoms with Gasteiger partial charge in [-0.05, 0) is 42.1 Å². The van der Waals surface area contributed by atoms with Crippen molar-refractivity contribution in [3.05, 3.63) is 89.9 Å². The van der Waals surface area contributed by atoms with Gasteiger partial charge in [-0.2, -0.15) is 15.2 Å². The van der Waals surface area contributed by atoms with E-state index in [0.29, 0.717) is 45.3 Å². The summed E-state index contributed by atoms with van der Waals surface area (Å²) in [5.74, 6) is 0.659. The van der Waals surface area contributed by atoms with Gasteiger partial charge in [-0.1, -0.05) is 36.9 Å². The van der Waals surface area contributed by atoms with E-state index in [-0.39, 0.29) is 18.4 Å². The van der Waals surface area contributed by atoms with E-state index in [4.69, 9.17) is 14.7 Å². The van der Waals surface area contributed by atoms with Crippen LogP contribution in [0.25, 0.3) is 10.8 Å². The van der Waals surface area contributed by atoms with E-state index in [1.165, 1.54) is 28.1 Å². The zero-order chi connectivity index (χ0) is 28.5. The van der Waals surface area contributed by atoms with Crippen LogP contribution >= 0.6 is 0 Å². The number of anilines is 2. The second-order valence-corrected chi connectivity index (χ2v) is 10.7. The lowest BCUT2D eigenvalue weighted by Crippen LogP contribution is -2.55. The molecular weight excluding hydrogens is 514 g/mol. The summed E-state index contributed by atoms with van der Waals surface area (Å²) < 4.78 is 8.17. The molecule has 2 aliphatic rings. The van der Waals surface area contributed by atoms with Gasteiger partial charge in [0.25, 0.3) is 0 Å². The van der Waals surface area contributed by atoms with Gasteiger partial charge in [-0.25, -0.2) is 0 Å². The molecule has 208 valence electrons. The first-order valence-electron chi connectivity index (χ1n) is 13.9. The van der Waals surface area contributed by atoms with Crippen molar-refractivity contribution in [2.75, 3.05) is 29.4 Å². The number of aryl methyl sites for hydroxylation is 2. The first-order chi connectivity index (χ1) is 20.0. The van der Waals surface area contributed by atoms with Gasteiger partial charge in [-0.15, -0.1) is 0 Å². The summed E-state index contributed by atoms with van der Waals surface area (Å²) in [4.78, 5) is 28.6. The van der Waals surface area contributed by atoms with Crippen molar-refractivity contribution >= 4 is 28.2 Å². The average molecular weight is 548 g/mol. The fraction of sp³-hybridized carbons (Fsp3) is 0.312. The number of nitrogens with zero attached hydrogens (tertiary/aromatic N) is 7. The minimum absolute atomic E-state index is 0.151. The maximum Gasteiger partial charge on any atom is 0.319 e. The molecule has 9 nitrogen and oxygen atoms in total. The molecule has 1 atom stereocenters. The van der Waals surface area contributed by atoms with Gasteiger partial charge in [-0.3, -0.25) is 4.79 Å². The predicted octanol–water partition coefficient (Wildman–Crippen LogP) is 4.49. The molecule has 0 saturated carbocycles. The highest BCUT2D eigenvalue weighted by Gasteiger charge is 2.34. The zero-order valence-corrected chi connectivity index (χ0v) is 23.5. The monoisotopic (exact) mass is 547 g/mol. The number of piperazine rings is 1. The van der Waals surface area contributed by atoms with Crippen molar-refractivity contribution in [1.29, 1.82) is 5.26 Å². The van der Waals surface area contributed by atoms with Crippen LogP contribution in [0.5, 0.6) is 6.01 Å². The number of hydrogen-bond acceptors (Lipinski definition) is 7. The minimum atomic E-state index is -0.254. The molecule has 41 heavy (non-hydrogen) atoms. The Morgan fingerprint density at radius 2 is 1.95 bits per heavy atom. The van der Waals surface area contributed by atoms with E-state index in [1.807, 2.05) is 29.9 Å². The fourth-order valence-electron chi connectivity index (χ4n) is 6.00. The highest BCUT2D eigenvalue weighted by Crippen LogP contribution is 2.38. The van der Waals surface area contributed by atoms with Crippen molar-refractivity contribution in [3.8, 4) is 12.1 Å². The largest absolute Gasteiger partial charge is 0.457 e. The van der Waals surface area contributed by atoms with Crippen LogP contribution in [0.4, 0.5) is 11.5 Å². The van der Waals surface area contributed by atoms with Crippen molar-refractivity contribution in [2.45, 2.75) is 39.1 Å². The first-order valence-corrected chi connectivity index (χ1v) is 13.9. The first kappa shape index (κ1) is 26.4. The minimum Gasteiger partial charge on any atom is -0.457 e. The van der Waals surface area contributed by atoms with Crippen molar-refractivity contribution in [1.82, 2.24) is 19.4 Å². The van der Waals surface area contributed by atoms with Gasteiger partial charge >= 0.3 is 6.01 Å². The summed E-state index contributed by atoms with van der Waals surface area (Å²) in [7, 11) is 1.98. The number of nitriles is 1. The highest BCUT2D eigenvalue weighted by atomic mass is 16.5. The number of fused-ring (bicyclic) bond motifs is 2. The lowest BCUT2D eigenvalue weighted by atomic mass is 10.0. The molecule has 9 heteroatoms. The summed E-state index contributed by atoms with van der Waals surface area (Å²) in [5.41, 5.74) is 5.41. The molecule has 2 aromatic carbocycles. The van der Waals surface area contributed by atoms with E-state index in [2.05, 4.69) is 65.8 Å². The smallest absolute Gasteiger partial charge is 0.319 e. The molecule has 2 aliphatic heterocycles. The molecule has 1 unspecified atom stereocenters. The molecule has 0 N–H and O–H groups in total. The van der Waals surface area contributed by atoms with Gasteiger partial charge in [0.1, 0.15) is 12.4 Å². The molecule has 6 rings (SSSR count). The van der Waals surface area contributed by atoms with Crippen LogP contribution < -0.4 is 14.5 Å². The topological polar surface area (TPSA) is 90.5 Å². The second-order valence-electron chi connectivity index (χ2n) is 10.7. The molecule has 0 radical (unpaired) electrons. The fourth-order valence-corrected chi connectivity index (χ4v) is 6.00. The highest BCUT2D eigenvalue weighted by molar-refractivity contribution is 5.97. The third-order valence-corrected chi connectivity index (χ3v) is 8.14. The number of carbonyl (C=O) groups is 1. The standard InChI is InChI=1S/C32H33N7O2/c1-4-29(40)39-17-16-37(18-24(39)13-14-33)31-26-19-38(28-12-6-10-23-9-5-8-22(2)30(23)28)20-27(26)34-32(35-31)41-21-25-11-7-15-36(25)3/h4-12,15,24H,1,13,16-21H2,2-3H3. The molecule has 0 bridgehead atoms. The van der Waals surface area contributed by atoms with E-state index >= 15 is 0 Å². The van der Waals surface area contributed by atoms with E-state index in [1.54, 1.807) is 4.90 Å². The normalized spacial score (nSPS) is 16.5. The maximum absolute atomic E-state index is 12.5. The lowest BCUT2D eigenvalue weighted by Gasteiger charge is -2.41. The third kappa shape index (κ3) is 4.97. The molecule has 4 heterocycles. The Morgan fingerprint density at radius 3 is 2.71 bits per heavy atom. The average Bonchev–Trinajstić information content (AvgIpc) is 3.61. The summed E-state index contributed by atoms with van der Waals surface area (Å²) >= 11 is 0. The Balaban J connectivity index is 1.36. The second kappa shape index (κ2) is 11.0. The Kier molecular flexibility index (Phi) is 7.06. The van der Waals surface area contributed by atoms with Crippen molar-refractivity contribution < 1.29 is 9.53 Å². The predicted molar refractivity (Wildman–Crippen MR) is 158 cm³/mol. The van der Waals surface area contributed by atoms with Crippen LogP contribution in [-0.4, -0.2) is 51.0 Å². The van der Waals surface area contributed by atoms with Crippen LogP contribution in [0.2, 0.25) is 0 Å². The Labute approximate surface area is 239 Å². The van der Waals surface area contributed by atoms with Crippen LogP contribution in [0.15, 0.2) is 67.4 Å². The van der Waals surface area contributed by atoms with Crippen LogP contribution in [0.3, 0.4) is 0 Å². The van der Waals surface area contributed by atoms with Crippen LogP contribution in [-0.2, 0) is 31.5 Å². The summed E-state index contributed by atoms with van der Waals surface area (Å²) in [6.07, 6.45) is 3.54. The molecule has 0 aliphatic carbocycles. The van der Waals surface area contributed by atoms with Gasteiger partial charge in [0, 0.05) is 56.1 Å². The number of benzene rings is 2. The van der Waals surface area contributed by atoms with E-state index in [0.717, 1.165) is 22.8 Å². The van der Waals surface area contributed by atoms with Crippen LogP contribution in [0.1, 0.15) is 28.9 Å². The molecule has 1 fully saturated rings. The number of amides is 1. The third-order valence-electron chi connectivity index (χ3n) is 8.14. The van der Waals surface area contributed by atoms with Crippen molar-refractivity contribution in [2.24, 2.45) is 7.05 Å². The van der Waals surface area contributed by atoms with Gasteiger partial charge in [0.2, 0.25) is 5.91 Å². The molecular formula is C32H33N7O2. The lowest BCUT2D eigenvalue weighted by molar-refractivity contribution is -0.128. The molecule has 0 spiro atoms. The molecule has 4 aromatic rings. The van der Waals surface area contributed by atoms with E-state index < -0.39 is 0 Å². The van der Waals surface area contributed by atoms with E-state index in [9.17, 15) is 10.1 Å². The summed E-state index contributed by atoms with van der Waals surface area (Å²) in [6.45, 7) is 9.02. The van der Waals surface area contributed by atoms with Gasteiger partial charge in [0.15, 0.2) is 0 Å². The summed E-state index contributed by atoms with van der Waals surface area (Å²) in [5, 5.41) is 12.0. The van der Waals surface area contributed by atoms with Gasteiger partial charge in [0.05, 0.1) is 36.5 Å². The zero-order valence-electron chi connectivity index (χ0n) is 23.5. The number of rotatable bonds is 7. The maximum atomic E-state index is 12.5. The van der Waals surface area contributed by atoms with Crippen LogP contribution in [0, 0.1) is 18.3 Å². The Bertz CT molecular complexity index is 1670. The molecule has 1 saturated heterocycles. The molecule has 1 amide bonds. The van der Waals surface area contributed by atoms with Gasteiger partial charge < -0.3 is 24.0 Å². The number of ether oxygens (including phenoxy) is 1. The quantitative estimate of drug-likeness (QED) is 0.315. The SMILES string of the molecule is C=CC(=O)N1CCN(c2nc(OCc3cccn3C)nc3c2CN(c2cccc4cccc(C)c24)C3)CC1CC#N. The Morgan fingerprint density at radius 1 is 1.12 bits per heavy atom. The summed E-state index contributed by atoms with van der Waals surface area (Å²) in [6, 6.07) is 19.1. The number of aromatic nitrogens is 3. The number of carbonyl (C=O) groups excluding carboxylic acids is 1. The Hall–Kier alpha value is -4.84. The molecule has 2 aromatic heterocycles. The number of hydrogen-bond donors (Lipinski definition) is 0.